The average molecular weight is 260 g/mol. The molecule has 0 radical (unpaired) electrons. The molecule has 1 fully saturated rings. The van der Waals surface area contributed by atoms with Gasteiger partial charge in [0.05, 0.1) is 13.2 Å². The van der Waals surface area contributed by atoms with Crippen molar-refractivity contribution in [3.05, 3.63) is 29.8 Å². The first-order valence-corrected chi connectivity index (χ1v) is 6.86. The van der Waals surface area contributed by atoms with Gasteiger partial charge in [0.15, 0.2) is 5.90 Å². The van der Waals surface area contributed by atoms with Crippen LogP contribution in [0.4, 0.5) is 0 Å². The summed E-state index contributed by atoms with van der Waals surface area (Å²) in [6.07, 6.45) is 4.05. The number of hydrogen-bond acceptors (Lipinski definition) is 4. The third-order valence-corrected chi connectivity index (χ3v) is 3.91. The van der Waals surface area contributed by atoms with E-state index in [1.165, 1.54) is 5.56 Å². The molecule has 3 unspecified atom stereocenters. The summed E-state index contributed by atoms with van der Waals surface area (Å²) < 4.78 is 11.1. The quantitative estimate of drug-likeness (QED) is 0.903. The van der Waals surface area contributed by atoms with Crippen molar-refractivity contribution in [1.29, 1.82) is 0 Å². The summed E-state index contributed by atoms with van der Waals surface area (Å²) in [5.74, 6) is 1.73. The van der Waals surface area contributed by atoms with E-state index in [0.29, 0.717) is 0 Å². The number of methoxy groups -OCH3 is 1. The molecule has 19 heavy (non-hydrogen) atoms. The number of hydrogen-bond donors (Lipinski definition) is 1. The molecule has 3 atom stereocenters. The van der Waals surface area contributed by atoms with Crippen molar-refractivity contribution in [1.82, 2.24) is 0 Å². The third-order valence-electron chi connectivity index (χ3n) is 3.91. The maximum Gasteiger partial charge on any atom is 0.188 e. The van der Waals surface area contributed by atoms with Gasteiger partial charge in [-0.15, -0.1) is 0 Å². The van der Waals surface area contributed by atoms with Gasteiger partial charge in [-0.25, -0.2) is 4.99 Å². The van der Waals surface area contributed by atoms with E-state index in [4.69, 9.17) is 15.2 Å². The van der Waals surface area contributed by atoms with Crippen LogP contribution in [0.25, 0.3) is 0 Å². The molecule has 2 aliphatic rings. The van der Waals surface area contributed by atoms with Crippen molar-refractivity contribution in [2.24, 2.45) is 10.7 Å². The van der Waals surface area contributed by atoms with Gasteiger partial charge in [-0.2, -0.15) is 0 Å². The van der Waals surface area contributed by atoms with Crippen LogP contribution in [0.15, 0.2) is 29.3 Å². The molecular weight excluding hydrogens is 240 g/mol. The van der Waals surface area contributed by atoms with Crippen LogP contribution in [0.2, 0.25) is 0 Å². The molecule has 0 amide bonds. The number of benzene rings is 1. The smallest absolute Gasteiger partial charge is 0.188 e. The van der Waals surface area contributed by atoms with Gasteiger partial charge < -0.3 is 15.2 Å². The van der Waals surface area contributed by atoms with Crippen LogP contribution >= 0.6 is 0 Å². The van der Waals surface area contributed by atoms with Gasteiger partial charge in [0.1, 0.15) is 11.9 Å². The van der Waals surface area contributed by atoms with E-state index < -0.39 is 0 Å². The zero-order chi connectivity index (χ0) is 13.2. The largest absolute Gasteiger partial charge is 0.497 e. The summed E-state index contributed by atoms with van der Waals surface area (Å²) >= 11 is 0. The zero-order valence-electron chi connectivity index (χ0n) is 11.2. The van der Waals surface area contributed by atoms with E-state index in [1.54, 1.807) is 7.11 Å². The number of ether oxygens (including phenoxy) is 2. The Morgan fingerprint density at radius 1 is 1.32 bits per heavy atom. The fraction of sp³-hybridized carbons (Fsp3) is 0.533. The van der Waals surface area contributed by atoms with Gasteiger partial charge >= 0.3 is 0 Å². The highest BCUT2D eigenvalue weighted by Crippen LogP contribution is 2.29. The highest BCUT2D eigenvalue weighted by molar-refractivity contribution is 5.80. The van der Waals surface area contributed by atoms with Crippen molar-refractivity contribution >= 4 is 5.90 Å². The van der Waals surface area contributed by atoms with Crippen molar-refractivity contribution < 1.29 is 9.47 Å². The van der Waals surface area contributed by atoms with Crippen molar-refractivity contribution in [3.63, 3.8) is 0 Å². The maximum atomic E-state index is 5.98. The first kappa shape index (κ1) is 12.5. The molecule has 3 rings (SSSR count). The summed E-state index contributed by atoms with van der Waals surface area (Å²) in [5.41, 5.74) is 7.18. The Morgan fingerprint density at radius 3 is 2.84 bits per heavy atom. The lowest BCUT2D eigenvalue weighted by Crippen LogP contribution is -2.37. The van der Waals surface area contributed by atoms with Crippen molar-refractivity contribution in [2.45, 2.75) is 43.9 Å². The van der Waals surface area contributed by atoms with E-state index in [-0.39, 0.29) is 18.2 Å². The van der Waals surface area contributed by atoms with Crippen molar-refractivity contribution in [2.75, 3.05) is 7.11 Å². The monoisotopic (exact) mass is 260 g/mol. The van der Waals surface area contributed by atoms with Crippen LogP contribution in [0, 0.1) is 0 Å². The summed E-state index contributed by atoms with van der Waals surface area (Å²) in [6, 6.07) is 8.60. The van der Waals surface area contributed by atoms with Gasteiger partial charge in [-0.05, 0) is 37.0 Å². The van der Waals surface area contributed by atoms with Crippen LogP contribution in [-0.4, -0.2) is 31.2 Å². The molecule has 1 aromatic carbocycles. The molecule has 1 aliphatic heterocycles. The van der Waals surface area contributed by atoms with E-state index in [1.807, 2.05) is 12.1 Å². The number of nitrogens with two attached hydrogens (primary N) is 1. The number of fused-ring (bicyclic) bond motifs is 1. The highest BCUT2D eigenvalue weighted by Gasteiger charge is 2.35. The van der Waals surface area contributed by atoms with Gasteiger partial charge in [-0.3, -0.25) is 0 Å². The van der Waals surface area contributed by atoms with Crippen LogP contribution in [-0.2, 0) is 11.2 Å². The normalized spacial score (nSPS) is 29.4. The standard InChI is InChI=1S/C15H20N2O2/c1-18-12-5-2-10(3-6-12)8-15-17-13-9-11(16)4-7-14(13)19-15/h2-3,5-6,11,13-14H,4,7-9,16H2,1H3. The van der Waals surface area contributed by atoms with E-state index in [9.17, 15) is 0 Å². The molecule has 1 aromatic rings. The molecule has 2 N–H and O–H groups in total. The Kier molecular flexibility index (Phi) is 3.42. The van der Waals surface area contributed by atoms with E-state index >= 15 is 0 Å². The summed E-state index contributed by atoms with van der Waals surface area (Å²) in [6.45, 7) is 0. The molecular formula is C15H20N2O2. The molecule has 1 saturated carbocycles. The summed E-state index contributed by atoms with van der Waals surface area (Å²) in [7, 11) is 1.67. The van der Waals surface area contributed by atoms with Crippen molar-refractivity contribution in [3.8, 4) is 5.75 Å². The summed E-state index contributed by atoms with van der Waals surface area (Å²) in [4.78, 5) is 4.68. The topological polar surface area (TPSA) is 56.8 Å². The van der Waals surface area contributed by atoms with E-state index in [0.717, 1.165) is 37.3 Å². The number of aliphatic imine (C=N–C) groups is 1. The Hall–Kier alpha value is -1.55. The van der Waals surface area contributed by atoms with E-state index in [2.05, 4.69) is 17.1 Å². The predicted molar refractivity (Wildman–Crippen MR) is 74.6 cm³/mol. The first-order valence-electron chi connectivity index (χ1n) is 6.86. The first-order chi connectivity index (χ1) is 9.24. The molecule has 4 heteroatoms. The second kappa shape index (κ2) is 5.21. The fourth-order valence-corrected chi connectivity index (χ4v) is 2.82. The predicted octanol–water partition coefficient (Wildman–Crippen LogP) is 1.91. The molecule has 0 saturated heterocycles. The molecule has 0 spiro atoms. The second-order valence-corrected chi connectivity index (χ2v) is 5.34. The molecule has 1 aliphatic carbocycles. The summed E-state index contributed by atoms with van der Waals surface area (Å²) in [5, 5.41) is 0. The lowest BCUT2D eigenvalue weighted by molar-refractivity contribution is 0.142. The number of nitrogens with zero attached hydrogens (tertiary/aromatic N) is 1. The Morgan fingerprint density at radius 2 is 2.11 bits per heavy atom. The molecule has 1 heterocycles. The van der Waals surface area contributed by atoms with Crippen LogP contribution in [0.3, 0.4) is 0 Å². The number of rotatable bonds is 3. The van der Waals surface area contributed by atoms with Crippen LogP contribution in [0.5, 0.6) is 5.75 Å². The Labute approximate surface area is 113 Å². The van der Waals surface area contributed by atoms with Crippen LogP contribution in [0.1, 0.15) is 24.8 Å². The minimum absolute atomic E-state index is 0.257. The minimum atomic E-state index is 0.257. The zero-order valence-corrected chi connectivity index (χ0v) is 11.2. The minimum Gasteiger partial charge on any atom is -0.497 e. The lowest BCUT2D eigenvalue weighted by Gasteiger charge is -2.26. The fourth-order valence-electron chi connectivity index (χ4n) is 2.82. The molecule has 0 bridgehead atoms. The van der Waals surface area contributed by atoms with Crippen LogP contribution < -0.4 is 10.5 Å². The highest BCUT2D eigenvalue weighted by atomic mass is 16.5. The second-order valence-electron chi connectivity index (χ2n) is 5.34. The molecule has 0 aromatic heterocycles. The Bertz CT molecular complexity index is 470. The lowest BCUT2D eigenvalue weighted by atomic mass is 9.90. The average Bonchev–Trinajstić information content (AvgIpc) is 2.81. The Balaban J connectivity index is 1.65. The van der Waals surface area contributed by atoms with Gasteiger partial charge in [0, 0.05) is 12.5 Å². The SMILES string of the molecule is COc1ccc(CC2=NC3CC(N)CCC3O2)cc1. The van der Waals surface area contributed by atoms with Gasteiger partial charge in [0.2, 0.25) is 0 Å². The third kappa shape index (κ3) is 2.73. The van der Waals surface area contributed by atoms with Gasteiger partial charge in [-0.1, -0.05) is 12.1 Å². The molecule has 4 nitrogen and oxygen atoms in total. The van der Waals surface area contributed by atoms with Gasteiger partial charge in [0.25, 0.3) is 0 Å². The maximum absolute atomic E-state index is 5.98. The molecule has 102 valence electrons.